The first-order valence-corrected chi connectivity index (χ1v) is 8.43. The summed E-state index contributed by atoms with van der Waals surface area (Å²) in [5.41, 5.74) is 0.788. The maximum atomic E-state index is 12.3. The van der Waals surface area contributed by atoms with Crippen molar-refractivity contribution in [3.05, 3.63) is 42.6 Å². The number of hydrogen-bond donors (Lipinski definition) is 0. The molecule has 0 aliphatic carbocycles. The van der Waals surface area contributed by atoms with Crippen molar-refractivity contribution in [1.82, 2.24) is 19.9 Å². The summed E-state index contributed by atoms with van der Waals surface area (Å²) in [6.45, 7) is 1.85. The van der Waals surface area contributed by atoms with Crippen LogP contribution in [0.4, 0.5) is 0 Å². The van der Waals surface area contributed by atoms with Gasteiger partial charge in [0.1, 0.15) is 11.4 Å². The second-order valence-corrected chi connectivity index (χ2v) is 5.96. The normalized spacial score (nSPS) is 17.3. The van der Waals surface area contributed by atoms with Crippen LogP contribution in [0.25, 0.3) is 0 Å². The Hall–Kier alpha value is -2.54. The lowest BCUT2D eigenvalue weighted by Crippen LogP contribution is -2.39. The molecule has 132 valence electrons. The number of aromatic nitrogens is 3. The van der Waals surface area contributed by atoms with Gasteiger partial charge in [0.15, 0.2) is 0 Å². The summed E-state index contributed by atoms with van der Waals surface area (Å²) in [6, 6.07) is 3.63. The van der Waals surface area contributed by atoms with Crippen molar-refractivity contribution < 1.29 is 14.3 Å². The van der Waals surface area contributed by atoms with Gasteiger partial charge in [-0.15, -0.1) is 0 Å². The van der Waals surface area contributed by atoms with Gasteiger partial charge >= 0.3 is 0 Å². The van der Waals surface area contributed by atoms with Gasteiger partial charge < -0.3 is 14.4 Å². The third-order valence-electron chi connectivity index (χ3n) is 4.22. The van der Waals surface area contributed by atoms with Crippen molar-refractivity contribution >= 4 is 5.91 Å². The molecule has 0 bridgehead atoms. The van der Waals surface area contributed by atoms with E-state index < -0.39 is 0 Å². The van der Waals surface area contributed by atoms with Crippen LogP contribution in [0, 0.1) is 0 Å². The smallest absolute Gasteiger partial charge is 0.241 e. The number of ether oxygens (including phenoxy) is 2. The van der Waals surface area contributed by atoms with E-state index in [9.17, 15) is 4.79 Å². The molecule has 25 heavy (non-hydrogen) atoms. The highest BCUT2D eigenvalue weighted by Crippen LogP contribution is 2.32. The summed E-state index contributed by atoms with van der Waals surface area (Å²) in [4.78, 5) is 27.0. The first-order valence-electron chi connectivity index (χ1n) is 8.43. The fourth-order valence-corrected chi connectivity index (χ4v) is 2.99. The molecule has 0 radical (unpaired) electrons. The van der Waals surface area contributed by atoms with E-state index in [0.29, 0.717) is 31.2 Å². The Labute approximate surface area is 147 Å². The van der Waals surface area contributed by atoms with Crippen LogP contribution in [0.5, 0.6) is 11.6 Å². The third kappa shape index (κ3) is 4.51. The second-order valence-electron chi connectivity index (χ2n) is 5.96. The van der Waals surface area contributed by atoms with Gasteiger partial charge in [-0.3, -0.25) is 14.8 Å². The molecule has 0 N–H and O–H groups in total. The number of amides is 1. The van der Waals surface area contributed by atoms with E-state index in [0.717, 1.165) is 25.1 Å². The average molecular weight is 342 g/mol. The van der Waals surface area contributed by atoms with Crippen molar-refractivity contribution in [2.45, 2.75) is 25.2 Å². The maximum absolute atomic E-state index is 12.3. The standard InChI is InChI=1S/C18H22N4O3/c1-24-11-6-16(23)22-10-3-4-14(13-22)17-18(21-9-8-20-17)25-15-5-2-7-19-12-15/h2,5,7-9,12,14H,3-4,6,10-11,13H2,1H3. The molecular formula is C18H22N4O3. The van der Waals surface area contributed by atoms with Gasteiger partial charge in [-0.2, -0.15) is 0 Å². The van der Waals surface area contributed by atoms with Crippen LogP contribution in [0.1, 0.15) is 30.9 Å². The highest BCUT2D eigenvalue weighted by molar-refractivity contribution is 5.76. The van der Waals surface area contributed by atoms with Crippen LogP contribution >= 0.6 is 0 Å². The number of carbonyl (C=O) groups is 1. The Morgan fingerprint density at radius 2 is 2.20 bits per heavy atom. The third-order valence-corrected chi connectivity index (χ3v) is 4.22. The van der Waals surface area contributed by atoms with Gasteiger partial charge in [-0.05, 0) is 25.0 Å². The summed E-state index contributed by atoms with van der Waals surface area (Å²) in [6.07, 6.45) is 8.90. The van der Waals surface area contributed by atoms with Crippen LogP contribution in [0.3, 0.4) is 0 Å². The number of rotatable bonds is 6. The minimum Gasteiger partial charge on any atom is -0.436 e. The monoisotopic (exact) mass is 342 g/mol. The molecule has 1 saturated heterocycles. The molecule has 1 amide bonds. The zero-order chi connectivity index (χ0) is 17.5. The second kappa shape index (κ2) is 8.53. The van der Waals surface area contributed by atoms with Crippen molar-refractivity contribution in [2.75, 3.05) is 26.8 Å². The number of piperidine rings is 1. The summed E-state index contributed by atoms with van der Waals surface area (Å²) in [5, 5.41) is 0. The molecule has 1 atom stereocenters. The topological polar surface area (TPSA) is 77.4 Å². The van der Waals surface area contributed by atoms with Crippen LogP contribution in [0.2, 0.25) is 0 Å². The van der Waals surface area contributed by atoms with E-state index in [-0.39, 0.29) is 11.8 Å². The lowest BCUT2D eigenvalue weighted by molar-refractivity contribution is -0.133. The van der Waals surface area contributed by atoms with Gasteiger partial charge in [0, 0.05) is 44.7 Å². The molecule has 0 spiro atoms. The van der Waals surface area contributed by atoms with E-state index in [2.05, 4.69) is 15.0 Å². The fraction of sp³-hybridized carbons (Fsp3) is 0.444. The number of nitrogens with zero attached hydrogens (tertiary/aromatic N) is 4. The number of likely N-dealkylation sites (tertiary alicyclic amines) is 1. The van der Waals surface area contributed by atoms with Gasteiger partial charge in [-0.25, -0.2) is 4.98 Å². The van der Waals surface area contributed by atoms with E-state index in [1.165, 1.54) is 0 Å². The highest BCUT2D eigenvalue weighted by atomic mass is 16.5. The summed E-state index contributed by atoms with van der Waals surface area (Å²) >= 11 is 0. The summed E-state index contributed by atoms with van der Waals surface area (Å²) in [5.74, 6) is 1.32. The molecule has 0 saturated carbocycles. The zero-order valence-corrected chi connectivity index (χ0v) is 14.3. The minimum atomic E-state index is 0.112. The van der Waals surface area contributed by atoms with Gasteiger partial charge in [0.05, 0.1) is 19.2 Å². The number of methoxy groups -OCH3 is 1. The van der Waals surface area contributed by atoms with Gasteiger partial charge in [0.2, 0.25) is 11.8 Å². The number of carbonyl (C=O) groups excluding carboxylic acids is 1. The Balaban J connectivity index is 1.74. The first-order chi connectivity index (χ1) is 12.3. The van der Waals surface area contributed by atoms with E-state index in [4.69, 9.17) is 9.47 Å². The molecule has 3 rings (SSSR count). The van der Waals surface area contributed by atoms with Gasteiger partial charge in [-0.1, -0.05) is 0 Å². The van der Waals surface area contributed by atoms with Crippen LogP contribution in [-0.4, -0.2) is 52.6 Å². The van der Waals surface area contributed by atoms with Crippen LogP contribution in [0.15, 0.2) is 36.9 Å². The Bertz CT molecular complexity index is 696. The molecule has 1 aliphatic rings. The molecule has 7 nitrogen and oxygen atoms in total. The largest absolute Gasteiger partial charge is 0.436 e. The lowest BCUT2D eigenvalue weighted by Gasteiger charge is -2.32. The van der Waals surface area contributed by atoms with Crippen molar-refractivity contribution in [2.24, 2.45) is 0 Å². The predicted molar refractivity (Wildman–Crippen MR) is 91.4 cm³/mol. The molecule has 1 fully saturated rings. The molecule has 1 unspecified atom stereocenters. The first kappa shape index (κ1) is 17.3. The number of pyridine rings is 1. The fourth-order valence-electron chi connectivity index (χ4n) is 2.99. The maximum Gasteiger partial charge on any atom is 0.241 e. The van der Waals surface area contributed by atoms with E-state index in [1.54, 1.807) is 31.9 Å². The summed E-state index contributed by atoms with van der Waals surface area (Å²) < 4.78 is 10.9. The van der Waals surface area contributed by atoms with Crippen molar-refractivity contribution in [1.29, 1.82) is 0 Å². The van der Waals surface area contributed by atoms with Crippen molar-refractivity contribution in [3.63, 3.8) is 0 Å². The number of hydrogen-bond acceptors (Lipinski definition) is 6. The van der Waals surface area contributed by atoms with E-state index in [1.807, 2.05) is 17.0 Å². The molecular weight excluding hydrogens is 320 g/mol. The Morgan fingerprint density at radius 1 is 1.32 bits per heavy atom. The van der Waals surface area contributed by atoms with Crippen LogP contribution in [-0.2, 0) is 9.53 Å². The minimum absolute atomic E-state index is 0.112. The highest BCUT2D eigenvalue weighted by Gasteiger charge is 2.28. The lowest BCUT2D eigenvalue weighted by atomic mass is 9.94. The molecule has 2 aromatic rings. The quantitative estimate of drug-likeness (QED) is 0.802. The zero-order valence-electron chi connectivity index (χ0n) is 14.3. The Kier molecular flexibility index (Phi) is 5.90. The Morgan fingerprint density at radius 3 is 3.00 bits per heavy atom. The van der Waals surface area contributed by atoms with Crippen molar-refractivity contribution in [3.8, 4) is 11.6 Å². The molecule has 0 aromatic carbocycles. The average Bonchev–Trinajstić information content (AvgIpc) is 2.67. The SMILES string of the molecule is COCCC(=O)N1CCCC(c2nccnc2Oc2cccnc2)C1. The van der Waals surface area contributed by atoms with Crippen LogP contribution < -0.4 is 4.74 Å². The summed E-state index contributed by atoms with van der Waals surface area (Å²) in [7, 11) is 1.61. The van der Waals surface area contributed by atoms with E-state index >= 15 is 0 Å². The van der Waals surface area contributed by atoms with Gasteiger partial charge in [0.25, 0.3) is 0 Å². The molecule has 2 aromatic heterocycles. The predicted octanol–water partition coefficient (Wildman–Crippen LogP) is 2.41. The molecule has 1 aliphatic heterocycles. The molecule has 7 heteroatoms. The molecule has 3 heterocycles.